The molecule has 2 rings (SSSR count). The first-order chi connectivity index (χ1) is 7.99. The Bertz CT molecular complexity index is 510. The fourth-order valence-corrected chi connectivity index (χ4v) is 2.26. The highest BCUT2D eigenvalue weighted by Gasteiger charge is 2.06. The molecule has 0 atom stereocenters. The van der Waals surface area contributed by atoms with Crippen LogP contribution in [0, 0.1) is 33.5 Å². The van der Waals surface area contributed by atoms with Crippen LogP contribution >= 0.6 is 0 Å². The Hall–Kier alpha value is -1.57. The molecule has 2 heteroatoms. The molecule has 0 aliphatic heterocycles. The van der Waals surface area contributed by atoms with Crippen molar-refractivity contribution in [2.24, 2.45) is 0 Å². The number of aryl methyl sites for hydroxylation is 4. The molecule has 0 saturated carbocycles. The fraction of sp³-hybridized carbons (Fsp3) is 0.333. The van der Waals surface area contributed by atoms with Crippen LogP contribution in [-0.4, -0.2) is 4.57 Å². The van der Waals surface area contributed by atoms with Crippen LogP contribution in [0.3, 0.4) is 0 Å². The van der Waals surface area contributed by atoms with Crippen molar-refractivity contribution in [3.8, 4) is 0 Å². The van der Waals surface area contributed by atoms with Gasteiger partial charge in [0.1, 0.15) is 5.82 Å². The Kier molecular flexibility index (Phi) is 3.05. The first-order valence-electron chi connectivity index (χ1n) is 5.87. The molecule has 0 N–H and O–H groups in total. The smallest absolute Gasteiger partial charge is 0.129 e. The summed E-state index contributed by atoms with van der Waals surface area (Å²) in [4.78, 5) is 0. The van der Waals surface area contributed by atoms with E-state index in [1.807, 2.05) is 26.0 Å². The first kappa shape index (κ1) is 11.9. The summed E-state index contributed by atoms with van der Waals surface area (Å²) >= 11 is 0. The molecule has 2 aromatic rings. The highest BCUT2D eigenvalue weighted by molar-refractivity contribution is 5.31. The maximum atomic E-state index is 13.5. The minimum Gasteiger partial charge on any atom is -0.345 e. The zero-order valence-corrected chi connectivity index (χ0v) is 10.8. The Morgan fingerprint density at radius 2 is 1.41 bits per heavy atom. The molecule has 0 aliphatic carbocycles. The highest BCUT2D eigenvalue weighted by atomic mass is 19.1. The molecule has 1 aromatic carbocycles. The van der Waals surface area contributed by atoms with Crippen molar-refractivity contribution in [3.63, 3.8) is 0 Å². The Labute approximate surface area is 102 Å². The van der Waals surface area contributed by atoms with E-state index in [1.54, 1.807) is 0 Å². The molecule has 0 amide bonds. The number of benzene rings is 1. The van der Waals surface area contributed by atoms with Crippen LogP contribution in [0.25, 0.3) is 0 Å². The van der Waals surface area contributed by atoms with Crippen molar-refractivity contribution >= 4 is 0 Å². The second-order valence-corrected chi connectivity index (χ2v) is 4.75. The summed E-state index contributed by atoms with van der Waals surface area (Å²) in [5.41, 5.74) is 5.08. The lowest BCUT2D eigenvalue weighted by Gasteiger charge is -2.11. The van der Waals surface area contributed by atoms with Crippen molar-refractivity contribution in [1.29, 1.82) is 0 Å². The second kappa shape index (κ2) is 4.36. The van der Waals surface area contributed by atoms with E-state index in [4.69, 9.17) is 0 Å². The SMILES string of the molecule is Cc1cc(Cn2c(C)ccc2C)cc(C)c1F. The molecule has 0 fully saturated rings. The van der Waals surface area contributed by atoms with Crippen molar-refractivity contribution in [1.82, 2.24) is 4.57 Å². The Morgan fingerprint density at radius 1 is 0.941 bits per heavy atom. The maximum absolute atomic E-state index is 13.5. The van der Waals surface area contributed by atoms with Crippen LogP contribution in [-0.2, 0) is 6.54 Å². The third-order valence-electron chi connectivity index (χ3n) is 3.25. The van der Waals surface area contributed by atoms with E-state index in [1.165, 1.54) is 11.4 Å². The zero-order valence-electron chi connectivity index (χ0n) is 10.8. The summed E-state index contributed by atoms with van der Waals surface area (Å²) in [5.74, 6) is -0.0882. The van der Waals surface area contributed by atoms with Crippen molar-refractivity contribution in [2.75, 3.05) is 0 Å². The van der Waals surface area contributed by atoms with Crippen LogP contribution in [0.4, 0.5) is 4.39 Å². The van der Waals surface area contributed by atoms with Crippen molar-refractivity contribution < 1.29 is 4.39 Å². The summed E-state index contributed by atoms with van der Waals surface area (Å²) in [6, 6.07) is 8.08. The maximum Gasteiger partial charge on any atom is 0.129 e. The lowest BCUT2D eigenvalue weighted by molar-refractivity contribution is 0.607. The van der Waals surface area contributed by atoms with Gasteiger partial charge in [0.2, 0.25) is 0 Å². The molecule has 17 heavy (non-hydrogen) atoms. The van der Waals surface area contributed by atoms with Gasteiger partial charge < -0.3 is 4.57 Å². The number of aromatic nitrogens is 1. The minimum absolute atomic E-state index is 0.0882. The zero-order chi connectivity index (χ0) is 12.6. The molecule has 0 aliphatic rings. The van der Waals surface area contributed by atoms with Crippen LogP contribution in [0.1, 0.15) is 28.1 Å². The van der Waals surface area contributed by atoms with Crippen LogP contribution in [0.5, 0.6) is 0 Å². The van der Waals surface area contributed by atoms with E-state index in [0.29, 0.717) is 0 Å². The lowest BCUT2D eigenvalue weighted by atomic mass is 10.1. The van der Waals surface area contributed by atoms with Gasteiger partial charge in [-0.15, -0.1) is 0 Å². The standard InChI is InChI=1S/C15H18FN/c1-10-7-14(8-11(2)15(10)16)9-17-12(3)5-6-13(17)4/h5-8H,9H2,1-4H3. The van der Waals surface area contributed by atoms with Gasteiger partial charge in [-0.25, -0.2) is 4.39 Å². The number of hydrogen-bond donors (Lipinski definition) is 0. The summed E-state index contributed by atoms with van der Waals surface area (Å²) in [5, 5.41) is 0. The predicted octanol–water partition coefficient (Wildman–Crippen LogP) is 3.91. The van der Waals surface area contributed by atoms with E-state index in [2.05, 4.69) is 30.5 Å². The van der Waals surface area contributed by atoms with Gasteiger partial charge in [-0.05, 0) is 56.5 Å². The Balaban J connectivity index is 2.37. The molecule has 90 valence electrons. The Morgan fingerprint density at radius 3 is 1.88 bits per heavy atom. The topological polar surface area (TPSA) is 4.93 Å². The summed E-state index contributed by atoms with van der Waals surface area (Å²) in [7, 11) is 0. The molecule has 0 unspecified atom stereocenters. The molecule has 0 spiro atoms. The van der Waals surface area contributed by atoms with Gasteiger partial charge in [-0.3, -0.25) is 0 Å². The van der Waals surface area contributed by atoms with E-state index in [-0.39, 0.29) is 5.82 Å². The number of halogens is 1. The van der Waals surface area contributed by atoms with Gasteiger partial charge in [-0.1, -0.05) is 12.1 Å². The quantitative estimate of drug-likeness (QED) is 0.738. The number of hydrogen-bond acceptors (Lipinski definition) is 0. The van der Waals surface area contributed by atoms with Crippen LogP contribution < -0.4 is 0 Å². The summed E-state index contributed by atoms with van der Waals surface area (Å²) in [6.45, 7) is 8.64. The van der Waals surface area contributed by atoms with Gasteiger partial charge in [0.25, 0.3) is 0 Å². The van der Waals surface area contributed by atoms with E-state index in [0.717, 1.165) is 23.2 Å². The normalized spacial score (nSPS) is 10.9. The number of rotatable bonds is 2. The third kappa shape index (κ3) is 2.26. The largest absolute Gasteiger partial charge is 0.345 e. The monoisotopic (exact) mass is 231 g/mol. The molecule has 1 aromatic heterocycles. The summed E-state index contributed by atoms with van der Waals surface area (Å²) in [6.07, 6.45) is 0. The van der Waals surface area contributed by atoms with E-state index < -0.39 is 0 Å². The average molecular weight is 231 g/mol. The highest BCUT2D eigenvalue weighted by Crippen LogP contribution is 2.17. The van der Waals surface area contributed by atoms with Crippen LogP contribution in [0.2, 0.25) is 0 Å². The molecule has 0 radical (unpaired) electrons. The van der Waals surface area contributed by atoms with Gasteiger partial charge in [0, 0.05) is 17.9 Å². The van der Waals surface area contributed by atoms with Gasteiger partial charge >= 0.3 is 0 Å². The summed E-state index contributed by atoms with van der Waals surface area (Å²) < 4.78 is 15.8. The van der Waals surface area contributed by atoms with Crippen LogP contribution in [0.15, 0.2) is 24.3 Å². The minimum atomic E-state index is -0.0882. The van der Waals surface area contributed by atoms with Gasteiger partial charge in [-0.2, -0.15) is 0 Å². The lowest BCUT2D eigenvalue weighted by Crippen LogP contribution is -2.04. The molecular formula is C15H18FN. The molecular weight excluding hydrogens is 213 g/mol. The van der Waals surface area contributed by atoms with Crippen molar-refractivity contribution in [2.45, 2.75) is 34.2 Å². The molecule has 1 heterocycles. The predicted molar refractivity (Wildman–Crippen MR) is 68.9 cm³/mol. The number of nitrogens with zero attached hydrogens (tertiary/aromatic N) is 1. The van der Waals surface area contributed by atoms with Crippen molar-refractivity contribution in [3.05, 3.63) is 58.2 Å². The third-order valence-corrected chi connectivity index (χ3v) is 3.25. The second-order valence-electron chi connectivity index (χ2n) is 4.75. The average Bonchev–Trinajstić information content (AvgIpc) is 2.57. The fourth-order valence-electron chi connectivity index (χ4n) is 2.26. The molecule has 0 saturated heterocycles. The van der Waals surface area contributed by atoms with E-state index >= 15 is 0 Å². The van der Waals surface area contributed by atoms with Gasteiger partial charge in [0.05, 0.1) is 0 Å². The van der Waals surface area contributed by atoms with E-state index in [9.17, 15) is 4.39 Å². The first-order valence-corrected chi connectivity index (χ1v) is 5.87. The van der Waals surface area contributed by atoms with Gasteiger partial charge in [0.15, 0.2) is 0 Å². The molecule has 1 nitrogen and oxygen atoms in total. The molecule has 0 bridgehead atoms.